The van der Waals surface area contributed by atoms with Crippen LogP contribution in [0.15, 0.2) is 48.5 Å². The van der Waals surface area contributed by atoms with Gasteiger partial charge in [-0.2, -0.15) is 0 Å². The second-order valence-corrected chi connectivity index (χ2v) is 7.17. The van der Waals surface area contributed by atoms with E-state index in [0.29, 0.717) is 24.8 Å². The molecule has 0 aliphatic carbocycles. The Morgan fingerprint density at radius 3 is 1.38 bits per heavy atom. The summed E-state index contributed by atoms with van der Waals surface area (Å²) in [7, 11) is 0. The molecular weight excluding hydrogens is 411 g/mol. The second kappa shape index (κ2) is 12.9. The maximum Gasteiger partial charge on any atom is 0.319 e. The fourth-order valence-electron chi connectivity index (χ4n) is 2.54. The van der Waals surface area contributed by atoms with E-state index in [1.165, 1.54) is 0 Å². The summed E-state index contributed by atoms with van der Waals surface area (Å²) in [5.74, 6) is 1.04. The van der Waals surface area contributed by atoms with Gasteiger partial charge in [0.05, 0.1) is 0 Å². The van der Waals surface area contributed by atoms with Gasteiger partial charge in [-0.1, -0.05) is 24.3 Å². The van der Waals surface area contributed by atoms with Crippen molar-refractivity contribution in [1.29, 1.82) is 0 Å². The van der Waals surface area contributed by atoms with Crippen LogP contribution in [-0.2, 0) is 6.42 Å². The normalized spacial score (nSPS) is 10.3. The fourth-order valence-corrected chi connectivity index (χ4v) is 2.80. The molecule has 0 heterocycles. The second-order valence-electron chi connectivity index (χ2n) is 6.42. The van der Waals surface area contributed by atoms with E-state index in [9.17, 15) is 9.59 Å². The fraction of sp³-hybridized carbons (Fsp3) is 0.333. The molecule has 0 bridgehead atoms. The summed E-state index contributed by atoms with van der Waals surface area (Å²) in [6.07, 6.45) is 2.23. The van der Waals surface area contributed by atoms with Gasteiger partial charge in [0, 0.05) is 36.2 Å². The molecule has 0 atom stereocenters. The summed E-state index contributed by atoms with van der Waals surface area (Å²) in [4.78, 5) is 23.5. The number of alkyl halides is 2. The molecule has 4 N–H and O–H groups in total. The van der Waals surface area contributed by atoms with Crippen LogP contribution in [0.4, 0.5) is 21.0 Å². The third-order valence-electron chi connectivity index (χ3n) is 4.02. The number of carbonyl (C=O) groups excluding carboxylic acids is 2. The van der Waals surface area contributed by atoms with Crippen molar-refractivity contribution in [2.45, 2.75) is 19.3 Å². The van der Waals surface area contributed by atoms with E-state index in [4.69, 9.17) is 23.2 Å². The molecule has 0 aliphatic rings. The smallest absolute Gasteiger partial charge is 0.319 e. The molecule has 0 unspecified atom stereocenters. The highest BCUT2D eigenvalue weighted by Crippen LogP contribution is 2.16. The van der Waals surface area contributed by atoms with Gasteiger partial charge in [0.2, 0.25) is 0 Å². The third-order valence-corrected chi connectivity index (χ3v) is 4.56. The summed E-state index contributed by atoms with van der Waals surface area (Å²) in [6.45, 7) is 1.10. The van der Waals surface area contributed by atoms with E-state index in [0.717, 1.165) is 41.8 Å². The Bertz CT molecular complexity index is 702. The van der Waals surface area contributed by atoms with Crippen molar-refractivity contribution in [3.05, 3.63) is 59.7 Å². The average molecular weight is 437 g/mol. The number of rotatable bonds is 10. The maximum absolute atomic E-state index is 11.7. The largest absolute Gasteiger partial charge is 0.338 e. The van der Waals surface area contributed by atoms with E-state index in [2.05, 4.69) is 21.3 Å². The van der Waals surface area contributed by atoms with Crippen LogP contribution in [0.1, 0.15) is 24.0 Å². The van der Waals surface area contributed by atoms with Crippen molar-refractivity contribution >= 4 is 46.6 Å². The van der Waals surface area contributed by atoms with Gasteiger partial charge in [-0.25, -0.2) is 9.59 Å². The molecule has 0 fully saturated rings. The molecule has 6 nitrogen and oxygen atoms in total. The van der Waals surface area contributed by atoms with Gasteiger partial charge >= 0.3 is 12.1 Å². The SMILES string of the molecule is O=C(NCCCCl)Nc1ccc(Cc2ccc(NC(=O)NCCCCl)cc2)cc1. The van der Waals surface area contributed by atoms with E-state index in [1.54, 1.807) is 0 Å². The Morgan fingerprint density at radius 1 is 0.655 bits per heavy atom. The van der Waals surface area contributed by atoms with E-state index < -0.39 is 0 Å². The van der Waals surface area contributed by atoms with Crippen LogP contribution in [0.3, 0.4) is 0 Å². The number of urea groups is 2. The van der Waals surface area contributed by atoms with Crippen LogP contribution in [-0.4, -0.2) is 36.9 Å². The number of anilines is 2. The van der Waals surface area contributed by atoms with Crippen molar-refractivity contribution in [3.63, 3.8) is 0 Å². The number of hydrogen-bond acceptors (Lipinski definition) is 2. The molecule has 8 heteroatoms. The molecule has 156 valence electrons. The lowest BCUT2D eigenvalue weighted by atomic mass is 10.0. The van der Waals surface area contributed by atoms with Crippen molar-refractivity contribution in [3.8, 4) is 0 Å². The van der Waals surface area contributed by atoms with E-state index in [-0.39, 0.29) is 12.1 Å². The van der Waals surface area contributed by atoms with Crippen LogP contribution in [0.2, 0.25) is 0 Å². The first-order chi connectivity index (χ1) is 14.1. The van der Waals surface area contributed by atoms with Crippen molar-refractivity contribution < 1.29 is 9.59 Å². The van der Waals surface area contributed by atoms with Gasteiger partial charge in [-0.3, -0.25) is 0 Å². The van der Waals surface area contributed by atoms with E-state index in [1.807, 2.05) is 48.5 Å². The van der Waals surface area contributed by atoms with Crippen molar-refractivity contribution in [1.82, 2.24) is 10.6 Å². The zero-order valence-electron chi connectivity index (χ0n) is 16.1. The van der Waals surface area contributed by atoms with Gasteiger partial charge in [0.25, 0.3) is 0 Å². The summed E-state index contributed by atoms with van der Waals surface area (Å²) in [5.41, 5.74) is 3.71. The predicted molar refractivity (Wildman–Crippen MR) is 120 cm³/mol. The molecule has 2 aromatic rings. The summed E-state index contributed by atoms with van der Waals surface area (Å²) < 4.78 is 0. The Kier molecular flexibility index (Phi) is 10.2. The van der Waals surface area contributed by atoms with Gasteiger partial charge < -0.3 is 21.3 Å². The van der Waals surface area contributed by atoms with Crippen LogP contribution in [0, 0.1) is 0 Å². The van der Waals surface area contributed by atoms with Gasteiger partial charge in [0.1, 0.15) is 0 Å². The summed E-state index contributed by atoms with van der Waals surface area (Å²) in [6, 6.07) is 14.9. The molecule has 29 heavy (non-hydrogen) atoms. The molecule has 0 saturated heterocycles. The number of hydrogen-bond donors (Lipinski definition) is 4. The van der Waals surface area contributed by atoms with Gasteiger partial charge in [-0.05, 0) is 54.7 Å². The first-order valence-corrected chi connectivity index (χ1v) is 10.6. The number of carbonyl (C=O) groups is 2. The number of nitrogens with one attached hydrogen (secondary N) is 4. The van der Waals surface area contributed by atoms with Crippen LogP contribution >= 0.6 is 23.2 Å². The molecule has 0 saturated carbocycles. The van der Waals surface area contributed by atoms with Gasteiger partial charge in [-0.15, -0.1) is 23.2 Å². The van der Waals surface area contributed by atoms with Crippen LogP contribution in [0.5, 0.6) is 0 Å². The molecule has 4 amide bonds. The zero-order chi connectivity index (χ0) is 20.9. The highest BCUT2D eigenvalue weighted by molar-refractivity contribution is 6.18. The standard InChI is InChI=1S/C21H26Cl2N4O2/c22-11-1-13-24-20(28)26-18-7-3-16(4-8-18)15-17-5-9-19(10-6-17)27-21(29)25-14-2-12-23/h3-10H,1-2,11-15H2,(H2,24,26,28)(H2,25,27,29). The molecule has 0 aromatic heterocycles. The lowest BCUT2D eigenvalue weighted by Gasteiger charge is -2.09. The number of halogens is 2. The first kappa shape index (κ1) is 22.8. The molecular formula is C21H26Cl2N4O2. The average Bonchev–Trinajstić information content (AvgIpc) is 2.71. The highest BCUT2D eigenvalue weighted by Gasteiger charge is 2.03. The lowest BCUT2D eigenvalue weighted by molar-refractivity contribution is 0.251. The van der Waals surface area contributed by atoms with Crippen LogP contribution < -0.4 is 21.3 Å². The predicted octanol–water partition coefficient (Wildman–Crippen LogP) is 4.78. The molecule has 2 aromatic carbocycles. The molecule has 0 spiro atoms. The quantitative estimate of drug-likeness (QED) is 0.319. The third kappa shape index (κ3) is 9.07. The number of amides is 4. The number of benzene rings is 2. The monoisotopic (exact) mass is 436 g/mol. The Balaban J connectivity index is 1.80. The molecule has 0 radical (unpaired) electrons. The topological polar surface area (TPSA) is 82.3 Å². The minimum Gasteiger partial charge on any atom is -0.338 e. The zero-order valence-corrected chi connectivity index (χ0v) is 17.7. The maximum atomic E-state index is 11.7. The Hall–Kier alpha value is -2.44. The summed E-state index contributed by atoms with van der Waals surface area (Å²) in [5, 5.41) is 11.1. The Labute approximate surface area is 181 Å². The minimum atomic E-state index is -0.238. The van der Waals surface area contributed by atoms with E-state index >= 15 is 0 Å². The first-order valence-electron chi connectivity index (χ1n) is 9.50. The molecule has 0 aliphatic heterocycles. The van der Waals surface area contributed by atoms with Crippen molar-refractivity contribution in [2.24, 2.45) is 0 Å². The molecule has 2 rings (SSSR count). The van der Waals surface area contributed by atoms with Crippen molar-refractivity contribution in [2.75, 3.05) is 35.5 Å². The Morgan fingerprint density at radius 2 is 1.03 bits per heavy atom. The minimum absolute atomic E-state index is 0.238. The van der Waals surface area contributed by atoms with Crippen LogP contribution in [0.25, 0.3) is 0 Å². The highest BCUT2D eigenvalue weighted by atomic mass is 35.5. The lowest BCUT2D eigenvalue weighted by Crippen LogP contribution is -2.29. The summed E-state index contributed by atoms with van der Waals surface area (Å²) >= 11 is 11.2. The van der Waals surface area contributed by atoms with Gasteiger partial charge in [0.15, 0.2) is 0 Å².